The summed E-state index contributed by atoms with van der Waals surface area (Å²) in [5.41, 5.74) is 3.42. The van der Waals surface area contributed by atoms with E-state index in [9.17, 15) is 10.1 Å². The summed E-state index contributed by atoms with van der Waals surface area (Å²) in [4.78, 5) is 22.7. The van der Waals surface area contributed by atoms with Crippen LogP contribution in [0.3, 0.4) is 0 Å². The summed E-state index contributed by atoms with van der Waals surface area (Å²) in [6.45, 7) is 7.19. The molecule has 2 aromatic rings. The standard InChI is InChI=1S/C21H25N5OS/c1-21(2,3)15-9-7-14(8-10-15)17-16(13-22)18(24-19(27)25(4)5)26-11-6-12-28-20(26)23-17/h7-10H,6,11-12H2,1-5H3. The van der Waals surface area contributed by atoms with Crippen LogP contribution >= 0.6 is 11.8 Å². The normalized spacial score (nSPS) is 14.4. The Morgan fingerprint density at radius 3 is 2.54 bits per heavy atom. The molecule has 1 aliphatic heterocycles. The number of fused-ring (bicyclic) bond motifs is 1. The van der Waals surface area contributed by atoms with Gasteiger partial charge in [0.05, 0.1) is 5.69 Å². The second-order valence-corrected chi connectivity index (χ2v) is 9.09. The van der Waals surface area contributed by atoms with Crippen molar-refractivity contribution in [3.05, 3.63) is 40.9 Å². The molecule has 0 N–H and O–H groups in total. The lowest BCUT2D eigenvalue weighted by molar-refractivity contribution is 0.226. The molecule has 0 radical (unpaired) electrons. The highest BCUT2D eigenvalue weighted by Crippen LogP contribution is 2.29. The van der Waals surface area contributed by atoms with Gasteiger partial charge in [-0.3, -0.25) is 0 Å². The zero-order chi connectivity index (χ0) is 20.5. The molecular weight excluding hydrogens is 370 g/mol. The van der Waals surface area contributed by atoms with Crippen molar-refractivity contribution in [2.75, 3.05) is 19.8 Å². The van der Waals surface area contributed by atoms with Crippen LogP contribution < -0.4 is 5.49 Å². The van der Waals surface area contributed by atoms with Crippen molar-refractivity contribution in [2.45, 2.75) is 44.3 Å². The predicted molar refractivity (Wildman–Crippen MR) is 111 cm³/mol. The van der Waals surface area contributed by atoms with Gasteiger partial charge >= 0.3 is 6.03 Å². The van der Waals surface area contributed by atoms with E-state index in [0.717, 1.165) is 22.9 Å². The Kier molecular flexibility index (Phi) is 5.61. The van der Waals surface area contributed by atoms with Crippen LogP contribution in [0.15, 0.2) is 34.4 Å². The maximum atomic E-state index is 12.3. The average Bonchev–Trinajstić information content (AvgIpc) is 2.67. The van der Waals surface area contributed by atoms with Gasteiger partial charge in [0, 0.05) is 32.0 Å². The van der Waals surface area contributed by atoms with Crippen LogP contribution in [0.4, 0.5) is 4.79 Å². The highest BCUT2D eigenvalue weighted by atomic mass is 32.2. The Morgan fingerprint density at radius 2 is 1.96 bits per heavy atom. The number of aromatic nitrogens is 2. The van der Waals surface area contributed by atoms with Crippen molar-refractivity contribution in [1.29, 1.82) is 5.26 Å². The molecule has 146 valence electrons. The number of rotatable bonds is 1. The van der Waals surface area contributed by atoms with Crippen LogP contribution in [0, 0.1) is 11.3 Å². The van der Waals surface area contributed by atoms with Crippen LogP contribution in [-0.4, -0.2) is 40.3 Å². The van der Waals surface area contributed by atoms with Crippen LogP contribution in [0.5, 0.6) is 0 Å². The Hall–Kier alpha value is -2.59. The van der Waals surface area contributed by atoms with E-state index in [1.54, 1.807) is 25.9 Å². The maximum Gasteiger partial charge on any atom is 0.345 e. The molecule has 0 aliphatic carbocycles. The fraction of sp³-hybridized carbons (Fsp3) is 0.429. The first-order valence-electron chi connectivity index (χ1n) is 9.27. The summed E-state index contributed by atoms with van der Waals surface area (Å²) in [6, 6.07) is 9.98. The van der Waals surface area contributed by atoms with Gasteiger partial charge in [-0.15, -0.1) is 0 Å². The zero-order valence-corrected chi connectivity index (χ0v) is 17.8. The highest BCUT2D eigenvalue weighted by molar-refractivity contribution is 7.99. The summed E-state index contributed by atoms with van der Waals surface area (Å²) < 4.78 is 1.89. The molecule has 1 aromatic heterocycles. The third-order valence-electron chi connectivity index (χ3n) is 4.63. The number of amides is 2. The Labute approximate surface area is 169 Å². The van der Waals surface area contributed by atoms with Crippen molar-refractivity contribution in [3.63, 3.8) is 0 Å². The first-order chi connectivity index (χ1) is 13.2. The van der Waals surface area contributed by atoms with E-state index in [4.69, 9.17) is 4.98 Å². The minimum absolute atomic E-state index is 0.0458. The molecule has 1 aliphatic rings. The molecule has 0 unspecified atom stereocenters. The van der Waals surface area contributed by atoms with Gasteiger partial charge in [0.15, 0.2) is 10.6 Å². The molecule has 0 fully saturated rings. The van der Waals surface area contributed by atoms with Crippen molar-refractivity contribution in [2.24, 2.45) is 4.99 Å². The third-order valence-corrected chi connectivity index (χ3v) is 5.69. The fourth-order valence-corrected chi connectivity index (χ4v) is 3.93. The van der Waals surface area contributed by atoms with Gasteiger partial charge in [0.1, 0.15) is 11.6 Å². The van der Waals surface area contributed by atoms with Gasteiger partial charge in [-0.25, -0.2) is 9.78 Å². The Morgan fingerprint density at radius 1 is 1.29 bits per heavy atom. The minimum Gasteiger partial charge on any atom is -0.329 e. The topological polar surface area (TPSA) is 74.3 Å². The van der Waals surface area contributed by atoms with Gasteiger partial charge in [-0.05, 0) is 17.4 Å². The quantitative estimate of drug-likeness (QED) is 0.689. The second kappa shape index (κ2) is 7.80. The largest absolute Gasteiger partial charge is 0.345 e. The number of hydrogen-bond acceptors (Lipinski definition) is 4. The molecule has 0 bridgehead atoms. The summed E-state index contributed by atoms with van der Waals surface area (Å²) in [5, 5.41) is 10.7. The van der Waals surface area contributed by atoms with Gasteiger partial charge in [0.2, 0.25) is 0 Å². The number of nitrogens with zero attached hydrogens (tertiary/aromatic N) is 5. The van der Waals surface area contributed by atoms with Gasteiger partial charge < -0.3 is 9.47 Å². The smallest absolute Gasteiger partial charge is 0.329 e. The summed E-state index contributed by atoms with van der Waals surface area (Å²) in [6.07, 6.45) is 0.952. The van der Waals surface area contributed by atoms with Crippen LogP contribution in [-0.2, 0) is 12.0 Å². The zero-order valence-electron chi connectivity index (χ0n) is 17.0. The number of thioether (sulfide) groups is 1. The highest BCUT2D eigenvalue weighted by Gasteiger charge is 2.21. The summed E-state index contributed by atoms with van der Waals surface area (Å²) in [7, 11) is 3.30. The molecule has 2 heterocycles. The van der Waals surface area contributed by atoms with E-state index < -0.39 is 0 Å². The second-order valence-electron chi connectivity index (χ2n) is 8.02. The van der Waals surface area contributed by atoms with E-state index in [0.29, 0.717) is 23.3 Å². The van der Waals surface area contributed by atoms with Crippen LogP contribution in [0.25, 0.3) is 11.3 Å². The van der Waals surface area contributed by atoms with Gasteiger partial charge in [0.25, 0.3) is 0 Å². The fourth-order valence-electron chi connectivity index (χ4n) is 2.99. The van der Waals surface area contributed by atoms with Crippen LogP contribution in [0.2, 0.25) is 0 Å². The monoisotopic (exact) mass is 395 g/mol. The first kappa shape index (κ1) is 20.2. The lowest BCUT2D eigenvalue weighted by Gasteiger charge is -2.21. The molecule has 7 heteroatoms. The molecule has 0 atom stereocenters. The Bertz CT molecular complexity index is 1010. The number of carbonyl (C=O) groups is 1. The van der Waals surface area contributed by atoms with Gasteiger partial charge in [-0.1, -0.05) is 56.8 Å². The van der Waals surface area contributed by atoms with E-state index in [2.05, 4.69) is 44.0 Å². The molecule has 6 nitrogen and oxygen atoms in total. The van der Waals surface area contributed by atoms with Gasteiger partial charge in [-0.2, -0.15) is 10.3 Å². The molecule has 2 amide bonds. The number of hydrogen-bond donors (Lipinski definition) is 0. The lowest BCUT2D eigenvalue weighted by atomic mass is 9.86. The maximum absolute atomic E-state index is 12.3. The first-order valence-corrected chi connectivity index (χ1v) is 10.3. The lowest BCUT2D eigenvalue weighted by Crippen LogP contribution is -2.33. The number of carbonyl (C=O) groups excluding carboxylic acids is 1. The number of benzene rings is 1. The summed E-state index contributed by atoms with van der Waals surface area (Å²) >= 11 is 1.63. The van der Waals surface area contributed by atoms with E-state index in [1.165, 1.54) is 10.5 Å². The van der Waals surface area contributed by atoms with Crippen molar-refractivity contribution >= 4 is 17.8 Å². The Balaban J connectivity index is 2.25. The number of urea groups is 1. The molecule has 28 heavy (non-hydrogen) atoms. The van der Waals surface area contributed by atoms with Crippen LogP contribution in [0.1, 0.15) is 38.3 Å². The van der Waals surface area contributed by atoms with Crippen molar-refractivity contribution < 1.29 is 4.79 Å². The van der Waals surface area contributed by atoms with Crippen molar-refractivity contribution in [1.82, 2.24) is 14.5 Å². The molecule has 0 saturated carbocycles. The molecule has 0 saturated heterocycles. The molecule has 3 rings (SSSR count). The average molecular weight is 396 g/mol. The predicted octanol–water partition coefficient (Wildman–Crippen LogP) is 3.80. The molecule has 1 aromatic carbocycles. The molecule has 0 spiro atoms. The summed E-state index contributed by atoms with van der Waals surface area (Å²) in [5.74, 6) is 0.961. The van der Waals surface area contributed by atoms with E-state index >= 15 is 0 Å². The minimum atomic E-state index is -0.387. The van der Waals surface area contributed by atoms with E-state index in [1.807, 2.05) is 16.7 Å². The third kappa shape index (κ3) is 3.97. The van der Waals surface area contributed by atoms with E-state index in [-0.39, 0.29) is 11.4 Å². The van der Waals surface area contributed by atoms with Crippen molar-refractivity contribution in [3.8, 4) is 17.3 Å². The SMILES string of the molecule is CN(C)C(=O)N=c1c(C#N)c(-c2ccc(C(C)(C)C)cc2)nc2n1CCCS2. The number of nitriles is 1. The molecular formula is C21H25N5OS.